The van der Waals surface area contributed by atoms with Crippen LogP contribution in [0.15, 0.2) is 48.5 Å². The van der Waals surface area contributed by atoms with Crippen LogP contribution < -0.4 is 10.6 Å². The largest absolute Gasteiger partial charge is 0.331 e. The van der Waals surface area contributed by atoms with Crippen LogP contribution in [0.4, 0.5) is 14.6 Å². The van der Waals surface area contributed by atoms with Crippen molar-refractivity contribution in [2.45, 2.75) is 6.04 Å². The topological polar surface area (TPSA) is 111 Å². The predicted molar refractivity (Wildman–Crippen MR) is 100 cm³/mol. The number of nitrogens with one attached hydrogen (secondary N) is 3. The van der Waals surface area contributed by atoms with Gasteiger partial charge < -0.3 is 10.6 Å². The van der Waals surface area contributed by atoms with Gasteiger partial charge in [-0.3, -0.25) is 14.7 Å². The highest BCUT2D eigenvalue weighted by Gasteiger charge is 2.19. The van der Waals surface area contributed by atoms with Gasteiger partial charge in [0.1, 0.15) is 11.9 Å². The van der Waals surface area contributed by atoms with Crippen LogP contribution in [0.25, 0.3) is 0 Å². The van der Waals surface area contributed by atoms with Crippen LogP contribution in [0.3, 0.4) is 0 Å². The summed E-state index contributed by atoms with van der Waals surface area (Å²) in [7, 11) is 0. The smallest absolute Gasteiger partial charge is 0.273 e. The zero-order valence-electron chi connectivity index (χ0n) is 14.5. The maximum Gasteiger partial charge on any atom is 0.273 e. The number of benzene rings is 2. The number of nitriles is 1. The SMILES string of the molecule is N#CC(NC(=O)c1cc(NC(=O)c2cc(F)c(F)cc2Cl)[nH]n1)c1ccccc1. The Morgan fingerprint density at radius 1 is 1.10 bits per heavy atom. The molecule has 3 N–H and O–H groups in total. The third-order valence-corrected chi connectivity index (χ3v) is 4.16. The van der Waals surface area contributed by atoms with Gasteiger partial charge in [-0.15, -0.1) is 0 Å². The molecule has 1 heterocycles. The van der Waals surface area contributed by atoms with Gasteiger partial charge in [-0.2, -0.15) is 10.4 Å². The standard InChI is InChI=1S/C19H12ClF2N5O2/c20-12-7-14(22)13(21)6-11(12)18(28)25-17-8-15(26-27-17)19(29)24-16(9-23)10-4-2-1-3-5-10/h1-8,16H,(H,24,29)(H2,25,26,27,28). The number of hydrogen-bond acceptors (Lipinski definition) is 4. The van der Waals surface area contributed by atoms with Gasteiger partial charge in [-0.1, -0.05) is 41.9 Å². The van der Waals surface area contributed by atoms with Crippen LogP contribution in [0.5, 0.6) is 0 Å². The van der Waals surface area contributed by atoms with Crippen LogP contribution in [0, 0.1) is 23.0 Å². The molecule has 0 fully saturated rings. The van der Waals surface area contributed by atoms with Crippen molar-refractivity contribution in [3.8, 4) is 6.07 Å². The van der Waals surface area contributed by atoms with E-state index in [4.69, 9.17) is 11.6 Å². The van der Waals surface area contributed by atoms with Crippen molar-refractivity contribution in [1.82, 2.24) is 15.5 Å². The number of amides is 2. The summed E-state index contributed by atoms with van der Waals surface area (Å²) in [5.41, 5.74) is 0.216. The minimum Gasteiger partial charge on any atom is -0.331 e. The molecule has 0 saturated heterocycles. The highest BCUT2D eigenvalue weighted by atomic mass is 35.5. The molecule has 0 saturated carbocycles. The van der Waals surface area contributed by atoms with Crippen molar-refractivity contribution in [2.24, 2.45) is 0 Å². The molecule has 3 rings (SSSR count). The molecule has 0 bridgehead atoms. The van der Waals surface area contributed by atoms with E-state index in [0.29, 0.717) is 17.7 Å². The van der Waals surface area contributed by atoms with E-state index in [1.807, 2.05) is 6.07 Å². The van der Waals surface area contributed by atoms with Crippen molar-refractivity contribution < 1.29 is 18.4 Å². The molecule has 3 aromatic rings. The van der Waals surface area contributed by atoms with Gasteiger partial charge in [0.2, 0.25) is 0 Å². The van der Waals surface area contributed by atoms with Crippen LogP contribution in [0.1, 0.15) is 32.5 Å². The number of carbonyl (C=O) groups excluding carboxylic acids is 2. The molecule has 7 nitrogen and oxygen atoms in total. The molecule has 0 radical (unpaired) electrons. The number of hydrogen-bond donors (Lipinski definition) is 3. The third-order valence-electron chi connectivity index (χ3n) is 3.85. The van der Waals surface area contributed by atoms with E-state index in [0.717, 1.165) is 0 Å². The second-order valence-electron chi connectivity index (χ2n) is 5.81. The van der Waals surface area contributed by atoms with Crippen LogP contribution >= 0.6 is 11.6 Å². The zero-order valence-corrected chi connectivity index (χ0v) is 15.3. The molecule has 0 aliphatic rings. The molecule has 0 aliphatic heterocycles. The molecular weight excluding hydrogens is 404 g/mol. The number of aromatic nitrogens is 2. The third kappa shape index (κ3) is 4.56. The van der Waals surface area contributed by atoms with Gasteiger partial charge in [-0.25, -0.2) is 8.78 Å². The lowest BCUT2D eigenvalue weighted by Gasteiger charge is -2.10. The van der Waals surface area contributed by atoms with Crippen molar-refractivity contribution in [1.29, 1.82) is 5.26 Å². The Labute approximate surface area is 168 Å². The van der Waals surface area contributed by atoms with Crippen molar-refractivity contribution in [3.63, 3.8) is 0 Å². The second kappa shape index (κ2) is 8.50. The normalized spacial score (nSPS) is 11.4. The first-order chi connectivity index (χ1) is 13.9. The highest BCUT2D eigenvalue weighted by molar-refractivity contribution is 6.34. The van der Waals surface area contributed by atoms with Crippen molar-refractivity contribution >= 4 is 29.2 Å². The lowest BCUT2D eigenvalue weighted by molar-refractivity contribution is 0.0939. The number of carbonyl (C=O) groups is 2. The molecule has 1 atom stereocenters. The van der Waals surface area contributed by atoms with Gasteiger partial charge >= 0.3 is 0 Å². The van der Waals surface area contributed by atoms with E-state index in [1.165, 1.54) is 6.07 Å². The summed E-state index contributed by atoms with van der Waals surface area (Å²) in [5.74, 6) is -3.87. The highest BCUT2D eigenvalue weighted by Crippen LogP contribution is 2.21. The van der Waals surface area contributed by atoms with E-state index in [-0.39, 0.29) is 22.1 Å². The Morgan fingerprint density at radius 3 is 2.48 bits per heavy atom. The maximum absolute atomic E-state index is 13.4. The number of anilines is 1. The van der Waals surface area contributed by atoms with E-state index >= 15 is 0 Å². The number of nitrogens with zero attached hydrogens (tertiary/aromatic N) is 2. The van der Waals surface area contributed by atoms with Crippen LogP contribution in [-0.2, 0) is 0 Å². The Bertz CT molecular complexity index is 1110. The fourth-order valence-electron chi connectivity index (χ4n) is 2.43. The molecule has 0 aliphatic carbocycles. The molecule has 10 heteroatoms. The summed E-state index contributed by atoms with van der Waals surface area (Å²) in [6, 6.07) is 12.3. The van der Waals surface area contributed by atoms with Gasteiger partial charge in [0, 0.05) is 6.07 Å². The van der Waals surface area contributed by atoms with Gasteiger partial charge in [0.25, 0.3) is 11.8 Å². The minimum atomic E-state index is -1.23. The summed E-state index contributed by atoms with van der Waals surface area (Å²) < 4.78 is 26.5. The van der Waals surface area contributed by atoms with Crippen molar-refractivity contribution in [3.05, 3.63) is 82.0 Å². The Balaban J connectivity index is 1.70. The van der Waals surface area contributed by atoms with Gasteiger partial charge in [-0.05, 0) is 17.7 Å². The van der Waals surface area contributed by atoms with E-state index in [2.05, 4.69) is 20.8 Å². The Kier molecular flexibility index (Phi) is 5.85. The average molecular weight is 416 g/mol. The van der Waals surface area contributed by atoms with E-state index in [1.54, 1.807) is 30.3 Å². The molecule has 0 spiro atoms. The van der Waals surface area contributed by atoms with Crippen LogP contribution in [-0.4, -0.2) is 22.0 Å². The zero-order chi connectivity index (χ0) is 21.0. The van der Waals surface area contributed by atoms with E-state index < -0.39 is 29.5 Å². The Morgan fingerprint density at radius 2 is 1.79 bits per heavy atom. The summed E-state index contributed by atoms with van der Waals surface area (Å²) >= 11 is 5.76. The molecule has 2 amide bonds. The fourth-order valence-corrected chi connectivity index (χ4v) is 2.67. The average Bonchev–Trinajstić information content (AvgIpc) is 3.18. The summed E-state index contributed by atoms with van der Waals surface area (Å²) in [4.78, 5) is 24.5. The van der Waals surface area contributed by atoms with Gasteiger partial charge in [0.15, 0.2) is 17.3 Å². The Hall–Kier alpha value is -3.77. The lowest BCUT2D eigenvalue weighted by atomic mass is 10.1. The fraction of sp³-hybridized carbons (Fsp3) is 0.0526. The van der Waals surface area contributed by atoms with Gasteiger partial charge in [0.05, 0.1) is 16.7 Å². The molecule has 1 aromatic heterocycles. The summed E-state index contributed by atoms with van der Waals surface area (Å²) in [6.07, 6.45) is 0. The molecule has 29 heavy (non-hydrogen) atoms. The summed E-state index contributed by atoms with van der Waals surface area (Å²) in [5, 5.41) is 20.0. The number of aromatic amines is 1. The monoisotopic (exact) mass is 415 g/mol. The molecule has 1 unspecified atom stereocenters. The first kappa shape index (κ1) is 20.0. The molecule has 146 valence electrons. The molecular formula is C19H12ClF2N5O2. The lowest BCUT2D eigenvalue weighted by Crippen LogP contribution is -2.27. The van der Waals surface area contributed by atoms with E-state index in [9.17, 15) is 23.6 Å². The first-order valence-corrected chi connectivity index (χ1v) is 8.53. The summed E-state index contributed by atoms with van der Waals surface area (Å²) in [6.45, 7) is 0. The molecule has 2 aromatic carbocycles. The maximum atomic E-state index is 13.4. The minimum absolute atomic E-state index is 0.0224. The quantitative estimate of drug-likeness (QED) is 0.553. The second-order valence-corrected chi connectivity index (χ2v) is 6.22. The number of H-pyrrole nitrogens is 1. The van der Waals surface area contributed by atoms with Crippen molar-refractivity contribution in [2.75, 3.05) is 5.32 Å². The van der Waals surface area contributed by atoms with Crippen LogP contribution in [0.2, 0.25) is 5.02 Å². The predicted octanol–water partition coefficient (Wildman–Crippen LogP) is 3.59. The first-order valence-electron chi connectivity index (χ1n) is 8.15. The number of rotatable bonds is 5. The number of halogens is 3.